The van der Waals surface area contributed by atoms with Gasteiger partial charge in [0.1, 0.15) is 11.3 Å². The molecule has 8 nitrogen and oxygen atoms in total. The van der Waals surface area contributed by atoms with Gasteiger partial charge in [0.05, 0.1) is 24.6 Å². The molecule has 0 unspecified atom stereocenters. The zero-order valence-corrected chi connectivity index (χ0v) is 14.6. The van der Waals surface area contributed by atoms with E-state index in [9.17, 15) is 4.79 Å². The number of urea groups is 1. The quantitative estimate of drug-likeness (QED) is 0.698. The lowest BCUT2D eigenvalue weighted by Crippen LogP contribution is -2.27. The van der Waals surface area contributed by atoms with Crippen LogP contribution in [0.25, 0.3) is 22.4 Å². The molecule has 0 aliphatic heterocycles. The molecule has 0 spiro atoms. The molecular weight excluding hydrogens is 340 g/mol. The van der Waals surface area contributed by atoms with Gasteiger partial charge in [-0.1, -0.05) is 12.8 Å². The van der Waals surface area contributed by atoms with Gasteiger partial charge in [-0.05, 0) is 31.2 Å². The molecule has 0 aliphatic carbocycles. The third-order valence-electron chi connectivity index (χ3n) is 3.42. The molecule has 0 bridgehead atoms. The van der Waals surface area contributed by atoms with Crippen LogP contribution in [0.1, 0.15) is 6.92 Å². The van der Waals surface area contributed by atoms with Crippen LogP contribution in [0.3, 0.4) is 0 Å². The average molecular weight is 356 g/mol. The molecule has 0 aliphatic rings. The van der Waals surface area contributed by atoms with Crippen LogP contribution in [0.2, 0.25) is 0 Å². The summed E-state index contributed by atoms with van der Waals surface area (Å²) in [7, 11) is 1.54. The summed E-state index contributed by atoms with van der Waals surface area (Å²) >= 11 is 4.06. The third-order valence-corrected chi connectivity index (χ3v) is 3.88. The van der Waals surface area contributed by atoms with E-state index in [0.29, 0.717) is 40.7 Å². The Kier molecular flexibility index (Phi) is 4.94. The van der Waals surface area contributed by atoms with E-state index in [0.717, 1.165) is 0 Å². The number of hydrogen-bond acceptors (Lipinski definition) is 7. The van der Waals surface area contributed by atoms with Crippen LogP contribution in [0.4, 0.5) is 10.6 Å². The number of nitrogens with one attached hydrogen (secondary N) is 1. The van der Waals surface area contributed by atoms with Gasteiger partial charge in [-0.15, -0.1) is 0 Å². The highest BCUT2D eigenvalue weighted by atomic mass is 32.1. The number of anilines is 1. The highest BCUT2D eigenvalue weighted by Crippen LogP contribution is 2.26. The minimum atomic E-state index is -0.365. The second-order valence-electron chi connectivity index (χ2n) is 5.00. The first kappa shape index (κ1) is 16.9. The molecule has 3 rings (SSSR count). The lowest BCUT2D eigenvalue weighted by molar-refractivity contribution is 0.240. The number of rotatable bonds is 4. The Hall–Kier alpha value is -2.94. The van der Waals surface area contributed by atoms with Crippen LogP contribution < -0.4 is 10.1 Å². The number of methoxy groups -OCH3 is 1. The molecule has 128 valence electrons. The smallest absolute Gasteiger partial charge is 0.332 e. The molecule has 2 amide bonds. The van der Waals surface area contributed by atoms with E-state index < -0.39 is 0 Å². The normalized spacial score (nSPS) is 10.5. The van der Waals surface area contributed by atoms with E-state index in [-0.39, 0.29) is 6.03 Å². The maximum absolute atomic E-state index is 11.9. The minimum absolute atomic E-state index is 0.365. The molecule has 0 saturated carbocycles. The van der Waals surface area contributed by atoms with Crippen LogP contribution >= 0.6 is 12.8 Å². The molecule has 3 aromatic rings. The standard InChI is InChI=1S/C16H16N6O2S/c1-3-22(25)16(23)21-13-7-6-11-14(20-13)19-12(9-18-11)10-5-4-8-17-15(10)24-2/h4-9,25H,3H2,1-2H3,(H,19,20,21,23). The van der Waals surface area contributed by atoms with Gasteiger partial charge in [0.25, 0.3) is 0 Å². The zero-order chi connectivity index (χ0) is 17.8. The monoisotopic (exact) mass is 356 g/mol. The van der Waals surface area contributed by atoms with Gasteiger partial charge >= 0.3 is 6.03 Å². The number of aromatic nitrogens is 4. The van der Waals surface area contributed by atoms with Gasteiger partial charge in [-0.25, -0.2) is 19.7 Å². The Bertz CT molecular complexity index is 920. The van der Waals surface area contributed by atoms with Crippen LogP contribution in [-0.4, -0.2) is 43.9 Å². The molecule has 0 radical (unpaired) electrons. The number of thiol groups is 1. The summed E-state index contributed by atoms with van der Waals surface area (Å²) in [6, 6.07) is 6.67. The SMILES string of the molecule is CCN(S)C(=O)Nc1ccc2ncc(-c3cccnc3OC)nc2n1. The largest absolute Gasteiger partial charge is 0.481 e. The second kappa shape index (κ2) is 7.31. The Morgan fingerprint density at radius 2 is 2.12 bits per heavy atom. The summed E-state index contributed by atoms with van der Waals surface area (Å²) in [4.78, 5) is 29.3. The summed E-state index contributed by atoms with van der Waals surface area (Å²) in [6.07, 6.45) is 3.27. The lowest BCUT2D eigenvalue weighted by atomic mass is 10.2. The summed E-state index contributed by atoms with van der Waals surface area (Å²) in [5.41, 5.74) is 2.31. The first-order chi connectivity index (χ1) is 12.1. The average Bonchev–Trinajstić information content (AvgIpc) is 2.66. The van der Waals surface area contributed by atoms with Crippen molar-refractivity contribution >= 4 is 35.8 Å². The number of hydrogen-bond donors (Lipinski definition) is 2. The fraction of sp³-hybridized carbons (Fsp3) is 0.188. The van der Waals surface area contributed by atoms with Crippen molar-refractivity contribution < 1.29 is 9.53 Å². The third kappa shape index (κ3) is 3.61. The Morgan fingerprint density at radius 3 is 2.88 bits per heavy atom. The van der Waals surface area contributed by atoms with Gasteiger partial charge in [0, 0.05) is 12.7 Å². The zero-order valence-electron chi connectivity index (χ0n) is 13.7. The van der Waals surface area contributed by atoms with Crippen molar-refractivity contribution in [3.05, 3.63) is 36.7 Å². The van der Waals surface area contributed by atoms with E-state index in [2.05, 4.69) is 38.1 Å². The number of pyridine rings is 2. The molecular formula is C16H16N6O2S. The van der Waals surface area contributed by atoms with Crippen molar-refractivity contribution in [3.63, 3.8) is 0 Å². The molecule has 0 fully saturated rings. The number of nitrogens with zero attached hydrogens (tertiary/aromatic N) is 5. The summed E-state index contributed by atoms with van der Waals surface area (Å²) in [5.74, 6) is 0.823. The lowest BCUT2D eigenvalue weighted by Gasteiger charge is -2.13. The van der Waals surface area contributed by atoms with E-state index in [1.54, 1.807) is 37.7 Å². The number of fused-ring (bicyclic) bond motifs is 1. The van der Waals surface area contributed by atoms with Gasteiger partial charge in [0.2, 0.25) is 5.88 Å². The molecule has 0 saturated heterocycles. The molecule has 3 aromatic heterocycles. The Labute approximate surface area is 149 Å². The molecule has 1 N–H and O–H groups in total. The van der Waals surface area contributed by atoms with Gasteiger partial charge in [0.15, 0.2) is 5.65 Å². The van der Waals surface area contributed by atoms with E-state index in [4.69, 9.17) is 4.74 Å². The minimum Gasteiger partial charge on any atom is -0.481 e. The van der Waals surface area contributed by atoms with Gasteiger partial charge in [-0.2, -0.15) is 0 Å². The molecule has 0 aromatic carbocycles. The maximum Gasteiger partial charge on any atom is 0.332 e. The van der Waals surface area contributed by atoms with Gasteiger partial charge in [-0.3, -0.25) is 14.6 Å². The first-order valence-corrected chi connectivity index (χ1v) is 7.93. The topological polar surface area (TPSA) is 93.1 Å². The molecule has 0 atom stereocenters. The van der Waals surface area contributed by atoms with Crippen molar-refractivity contribution in [2.75, 3.05) is 19.0 Å². The van der Waals surface area contributed by atoms with Crippen LogP contribution in [0, 0.1) is 0 Å². The van der Waals surface area contributed by atoms with Crippen molar-refractivity contribution in [2.45, 2.75) is 6.92 Å². The number of amides is 2. The molecule has 25 heavy (non-hydrogen) atoms. The van der Waals surface area contributed by atoms with Crippen molar-refractivity contribution in [1.82, 2.24) is 24.2 Å². The maximum atomic E-state index is 11.9. The van der Waals surface area contributed by atoms with Crippen LogP contribution in [0.15, 0.2) is 36.7 Å². The predicted octanol–water partition coefficient (Wildman–Crippen LogP) is 2.79. The van der Waals surface area contributed by atoms with Crippen molar-refractivity contribution in [1.29, 1.82) is 0 Å². The predicted molar refractivity (Wildman–Crippen MR) is 97.5 cm³/mol. The number of carbonyl (C=O) groups excluding carboxylic acids is 1. The van der Waals surface area contributed by atoms with Gasteiger partial charge < -0.3 is 4.74 Å². The fourth-order valence-electron chi connectivity index (χ4n) is 2.16. The van der Waals surface area contributed by atoms with Crippen molar-refractivity contribution in [3.8, 4) is 17.1 Å². The molecule has 3 heterocycles. The van der Waals surface area contributed by atoms with Crippen LogP contribution in [-0.2, 0) is 0 Å². The second-order valence-corrected chi connectivity index (χ2v) is 5.48. The summed E-state index contributed by atoms with van der Waals surface area (Å²) in [6.45, 7) is 2.28. The first-order valence-electron chi connectivity index (χ1n) is 7.53. The Morgan fingerprint density at radius 1 is 1.28 bits per heavy atom. The van der Waals surface area contributed by atoms with Crippen LogP contribution in [0.5, 0.6) is 5.88 Å². The summed E-state index contributed by atoms with van der Waals surface area (Å²) < 4.78 is 6.50. The highest BCUT2D eigenvalue weighted by molar-refractivity contribution is 7.78. The Balaban J connectivity index is 1.97. The van der Waals surface area contributed by atoms with E-state index >= 15 is 0 Å². The van der Waals surface area contributed by atoms with Crippen molar-refractivity contribution in [2.24, 2.45) is 0 Å². The summed E-state index contributed by atoms with van der Waals surface area (Å²) in [5, 5.41) is 2.66. The fourth-order valence-corrected chi connectivity index (χ4v) is 2.21. The molecule has 9 heteroatoms. The number of carbonyl (C=O) groups is 1. The van der Waals surface area contributed by atoms with E-state index in [1.807, 2.05) is 13.0 Å². The van der Waals surface area contributed by atoms with E-state index in [1.165, 1.54) is 4.31 Å². The number of ether oxygens (including phenoxy) is 1. The highest BCUT2D eigenvalue weighted by Gasteiger charge is 2.12.